The molecule has 1 aromatic rings. The number of nitrogens with one attached hydrogen (secondary N) is 1. The van der Waals surface area contributed by atoms with Crippen LogP contribution in [0.4, 0.5) is 11.4 Å². The maximum atomic E-state index is 11.4. The van der Waals surface area contributed by atoms with Crippen molar-refractivity contribution in [1.82, 2.24) is 0 Å². The van der Waals surface area contributed by atoms with E-state index in [-0.39, 0.29) is 17.2 Å². The molecule has 0 saturated carbocycles. The Hall–Kier alpha value is -1.89. The molecule has 1 N–H and O–H groups in total. The van der Waals surface area contributed by atoms with Crippen LogP contribution in [0.15, 0.2) is 24.3 Å². The van der Waals surface area contributed by atoms with Crippen molar-refractivity contribution in [3.63, 3.8) is 0 Å². The first-order valence-corrected chi connectivity index (χ1v) is 6.21. The van der Waals surface area contributed by atoms with Gasteiger partial charge in [0.25, 0.3) is 5.69 Å². The molecule has 0 aromatic heterocycles. The van der Waals surface area contributed by atoms with Crippen LogP contribution in [-0.2, 0) is 9.59 Å². The standard InChI is InChI=1S/C11H12N2O4S/c1-2-18-11(15)7-10(14)12-8-3-5-9(6-4-8)13(16)17/h3-6H,2,7H2,1H3,(H,12,14). The Kier molecular flexibility index (Phi) is 5.31. The van der Waals surface area contributed by atoms with Gasteiger partial charge in [-0.3, -0.25) is 19.7 Å². The number of amides is 1. The van der Waals surface area contributed by atoms with Crippen LogP contribution in [0.5, 0.6) is 0 Å². The number of carbonyl (C=O) groups excluding carboxylic acids is 2. The smallest absolute Gasteiger partial charge is 0.269 e. The topological polar surface area (TPSA) is 89.3 Å². The normalized spacial score (nSPS) is 9.83. The molecule has 0 aliphatic heterocycles. The molecule has 0 atom stereocenters. The minimum atomic E-state index is -0.521. The number of anilines is 1. The van der Waals surface area contributed by atoms with Crippen LogP contribution in [-0.4, -0.2) is 21.7 Å². The lowest BCUT2D eigenvalue weighted by atomic mass is 10.3. The Morgan fingerprint density at radius 1 is 1.33 bits per heavy atom. The number of hydrogen-bond donors (Lipinski definition) is 1. The molecular formula is C11H12N2O4S. The summed E-state index contributed by atoms with van der Waals surface area (Å²) in [7, 11) is 0. The molecule has 1 rings (SSSR count). The fourth-order valence-corrected chi connectivity index (χ4v) is 1.77. The SMILES string of the molecule is CCSC(=O)CC(=O)Nc1ccc([N+](=O)[O-])cc1. The number of nitro groups is 1. The van der Waals surface area contributed by atoms with Gasteiger partial charge in [-0.1, -0.05) is 18.7 Å². The molecule has 1 amide bonds. The van der Waals surface area contributed by atoms with Gasteiger partial charge in [0.2, 0.25) is 5.91 Å². The van der Waals surface area contributed by atoms with Gasteiger partial charge >= 0.3 is 0 Å². The summed E-state index contributed by atoms with van der Waals surface area (Å²) in [6.45, 7) is 1.83. The average molecular weight is 268 g/mol. The molecule has 7 heteroatoms. The van der Waals surface area contributed by atoms with Crippen molar-refractivity contribution in [3.05, 3.63) is 34.4 Å². The predicted octanol–water partition coefficient (Wildman–Crippen LogP) is 2.20. The Labute approximate surface area is 108 Å². The van der Waals surface area contributed by atoms with E-state index in [1.54, 1.807) is 0 Å². The Morgan fingerprint density at radius 2 is 1.94 bits per heavy atom. The van der Waals surface area contributed by atoms with Gasteiger partial charge in [0, 0.05) is 17.8 Å². The van der Waals surface area contributed by atoms with E-state index >= 15 is 0 Å². The molecule has 0 saturated heterocycles. The van der Waals surface area contributed by atoms with Crippen molar-refractivity contribution in [3.8, 4) is 0 Å². The van der Waals surface area contributed by atoms with Gasteiger partial charge in [-0.2, -0.15) is 0 Å². The van der Waals surface area contributed by atoms with Gasteiger partial charge < -0.3 is 5.32 Å². The van der Waals surface area contributed by atoms with E-state index in [4.69, 9.17) is 0 Å². The van der Waals surface area contributed by atoms with Gasteiger partial charge in [0.05, 0.1) is 11.3 Å². The van der Waals surface area contributed by atoms with E-state index < -0.39 is 10.8 Å². The van der Waals surface area contributed by atoms with E-state index in [0.29, 0.717) is 11.4 Å². The third-order valence-corrected chi connectivity index (χ3v) is 2.73. The van der Waals surface area contributed by atoms with Crippen molar-refractivity contribution in [2.75, 3.05) is 11.1 Å². The first-order valence-electron chi connectivity index (χ1n) is 5.23. The fraction of sp³-hybridized carbons (Fsp3) is 0.273. The van der Waals surface area contributed by atoms with Crippen LogP contribution in [0.2, 0.25) is 0 Å². The zero-order valence-corrected chi connectivity index (χ0v) is 10.5. The summed E-state index contributed by atoms with van der Waals surface area (Å²) in [6, 6.07) is 5.43. The maximum absolute atomic E-state index is 11.4. The summed E-state index contributed by atoms with van der Waals surface area (Å²) in [5.74, 6) is 0.207. The molecule has 0 radical (unpaired) electrons. The Bertz CT molecular complexity index is 459. The Morgan fingerprint density at radius 3 is 2.44 bits per heavy atom. The highest BCUT2D eigenvalue weighted by molar-refractivity contribution is 8.13. The number of nitro benzene ring substituents is 1. The molecule has 0 bridgehead atoms. The van der Waals surface area contributed by atoms with E-state index in [9.17, 15) is 19.7 Å². The quantitative estimate of drug-likeness (QED) is 0.502. The van der Waals surface area contributed by atoms with Gasteiger partial charge in [0.1, 0.15) is 0 Å². The summed E-state index contributed by atoms with van der Waals surface area (Å²) in [6.07, 6.45) is -0.199. The fourth-order valence-electron chi connectivity index (χ4n) is 1.21. The van der Waals surface area contributed by atoms with Crippen molar-refractivity contribution < 1.29 is 14.5 Å². The van der Waals surface area contributed by atoms with Gasteiger partial charge in [-0.05, 0) is 17.9 Å². The average Bonchev–Trinajstić information content (AvgIpc) is 2.29. The minimum absolute atomic E-state index is 0.0504. The molecule has 0 fully saturated rings. The minimum Gasteiger partial charge on any atom is -0.326 e. The highest BCUT2D eigenvalue weighted by Gasteiger charge is 2.10. The van der Waals surface area contributed by atoms with Gasteiger partial charge in [-0.25, -0.2) is 0 Å². The van der Waals surface area contributed by atoms with Crippen LogP contribution >= 0.6 is 11.8 Å². The van der Waals surface area contributed by atoms with Crippen molar-refractivity contribution in [1.29, 1.82) is 0 Å². The number of rotatable bonds is 5. The molecule has 0 spiro atoms. The number of carbonyl (C=O) groups is 2. The van der Waals surface area contributed by atoms with E-state index in [0.717, 1.165) is 11.8 Å². The maximum Gasteiger partial charge on any atom is 0.269 e. The third-order valence-electron chi connectivity index (χ3n) is 1.97. The lowest BCUT2D eigenvalue weighted by Gasteiger charge is -2.03. The largest absolute Gasteiger partial charge is 0.326 e. The second-order valence-corrected chi connectivity index (χ2v) is 4.66. The summed E-state index contributed by atoms with van der Waals surface area (Å²) >= 11 is 1.09. The predicted molar refractivity (Wildman–Crippen MR) is 69.5 cm³/mol. The van der Waals surface area contributed by atoms with Crippen LogP contribution < -0.4 is 5.32 Å². The molecule has 0 aliphatic carbocycles. The van der Waals surface area contributed by atoms with Crippen LogP contribution in [0.3, 0.4) is 0 Å². The number of non-ortho nitro benzene ring substituents is 1. The van der Waals surface area contributed by atoms with Crippen LogP contribution in [0.25, 0.3) is 0 Å². The summed E-state index contributed by atoms with van der Waals surface area (Å²) < 4.78 is 0. The molecule has 18 heavy (non-hydrogen) atoms. The number of hydrogen-bond acceptors (Lipinski definition) is 5. The number of thioether (sulfide) groups is 1. The lowest BCUT2D eigenvalue weighted by molar-refractivity contribution is -0.384. The third kappa shape index (κ3) is 4.54. The monoisotopic (exact) mass is 268 g/mol. The molecule has 1 aromatic carbocycles. The summed E-state index contributed by atoms with van der Waals surface area (Å²) in [4.78, 5) is 32.5. The van der Waals surface area contributed by atoms with E-state index in [1.807, 2.05) is 6.92 Å². The number of benzene rings is 1. The highest BCUT2D eigenvalue weighted by atomic mass is 32.2. The first-order chi connectivity index (χ1) is 8.52. The summed E-state index contributed by atoms with van der Waals surface area (Å²) in [5, 5.41) is 12.7. The molecule has 0 unspecified atom stereocenters. The molecule has 6 nitrogen and oxygen atoms in total. The molecule has 0 aliphatic rings. The van der Waals surface area contributed by atoms with Crippen LogP contribution in [0, 0.1) is 10.1 Å². The highest BCUT2D eigenvalue weighted by Crippen LogP contribution is 2.15. The second kappa shape index (κ2) is 6.75. The van der Waals surface area contributed by atoms with Gasteiger partial charge in [-0.15, -0.1) is 0 Å². The molecule has 96 valence electrons. The zero-order valence-electron chi connectivity index (χ0n) is 9.71. The second-order valence-electron chi connectivity index (χ2n) is 3.33. The van der Waals surface area contributed by atoms with E-state index in [2.05, 4.69) is 5.32 Å². The van der Waals surface area contributed by atoms with Crippen molar-refractivity contribution in [2.24, 2.45) is 0 Å². The van der Waals surface area contributed by atoms with Gasteiger partial charge in [0.15, 0.2) is 5.12 Å². The van der Waals surface area contributed by atoms with E-state index in [1.165, 1.54) is 24.3 Å². The zero-order chi connectivity index (χ0) is 13.5. The summed E-state index contributed by atoms with van der Waals surface area (Å²) in [5.41, 5.74) is 0.380. The number of nitrogens with zero attached hydrogens (tertiary/aromatic N) is 1. The van der Waals surface area contributed by atoms with Crippen LogP contribution in [0.1, 0.15) is 13.3 Å². The van der Waals surface area contributed by atoms with Crippen molar-refractivity contribution in [2.45, 2.75) is 13.3 Å². The molecular weight excluding hydrogens is 256 g/mol. The lowest BCUT2D eigenvalue weighted by Crippen LogP contribution is -2.14. The first kappa shape index (κ1) is 14.2. The molecule has 0 heterocycles. The Balaban J connectivity index is 2.54. The van der Waals surface area contributed by atoms with Crippen molar-refractivity contribution >= 4 is 34.2 Å².